The quantitative estimate of drug-likeness (QED) is 0.892. The minimum atomic E-state index is -0.913. The molecular weight excluding hydrogens is 248 g/mol. The van der Waals surface area contributed by atoms with E-state index in [1.807, 2.05) is 60.7 Å². The van der Waals surface area contributed by atoms with E-state index in [9.17, 15) is 9.90 Å². The lowest BCUT2D eigenvalue weighted by Gasteiger charge is -2.31. The molecule has 3 rings (SSSR count). The molecular formula is C18H18O2. The third-order valence-electron chi connectivity index (χ3n) is 4.19. The van der Waals surface area contributed by atoms with Crippen LogP contribution in [0.3, 0.4) is 0 Å². The van der Waals surface area contributed by atoms with Crippen LogP contribution >= 0.6 is 0 Å². The van der Waals surface area contributed by atoms with Gasteiger partial charge in [0.05, 0.1) is 0 Å². The maximum Gasteiger partial charge on any atom is 0.318 e. The van der Waals surface area contributed by atoms with Crippen LogP contribution in [0.25, 0.3) is 0 Å². The molecule has 1 aliphatic rings. The van der Waals surface area contributed by atoms with Gasteiger partial charge in [-0.3, -0.25) is 4.79 Å². The van der Waals surface area contributed by atoms with Crippen molar-refractivity contribution in [1.29, 1.82) is 0 Å². The molecule has 0 amide bonds. The summed E-state index contributed by atoms with van der Waals surface area (Å²) in [4.78, 5) is 12.2. The normalized spacial score (nSPS) is 15.0. The second kappa shape index (κ2) is 5.12. The lowest BCUT2D eigenvalue weighted by Crippen LogP contribution is -2.37. The van der Waals surface area contributed by atoms with Gasteiger partial charge in [0, 0.05) is 0 Å². The second-order valence-electron chi connectivity index (χ2n) is 5.59. The number of benzene rings is 2. The number of rotatable bonds is 5. The summed E-state index contributed by atoms with van der Waals surface area (Å²) >= 11 is 0. The summed E-state index contributed by atoms with van der Waals surface area (Å²) < 4.78 is 0. The predicted octanol–water partition coefficient (Wildman–Crippen LogP) is 3.86. The molecule has 0 heterocycles. The predicted molar refractivity (Wildman–Crippen MR) is 78.6 cm³/mol. The zero-order chi connectivity index (χ0) is 14.0. The van der Waals surface area contributed by atoms with Gasteiger partial charge >= 0.3 is 5.97 Å². The van der Waals surface area contributed by atoms with E-state index in [1.54, 1.807) is 0 Å². The van der Waals surface area contributed by atoms with Crippen molar-refractivity contribution in [2.45, 2.75) is 24.7 Å². The Morgan fingerprint density at radius 2 is 1.40 bits per heavy atom. The molecule has 0 spiro atoms. The summed E-state index contributed by atoms with van der Waals surface area (Å²) in [5.74, 6) is -0.215. The Bertz CT molecular complexity index is 546. The fourth-order valence-corrected chi connectivity index (χ4v) is 2.94. The topological polar surface area (TPSA) is 37.3 Å². The molecule has 2 heteroatoms. The molecule has 0 atom stereocenters. The molecule has 1 saturated carbocycles. The second-order valence-corrected chi connectivity index (χ2v) is 5.59. The maximum absolute atomic E-state index is 12.2. The molecule has 0 saturated heterocycles. The van der Waals surface area contributed by atoms with E-state index in [0.717, 1.165) is 24.0 Å². The van der Waals surface area contributed by atoms with Crippen LogP contribution in [0, 0.1) is 5.92 Å². The minimum absolute atomic E-state index is 0.534. The molecule has 2 aromatic carbocycles. The van der Waals surface area contributed by atoms with Crippen molar-refractivity contribution in [3.63, 3.8) is 0 Å². The summed E-state index contributed by atoms with van der Waals surface area (Å²) in [6, 6.07) is 19.3. The van der Waals surface area contributed by atoms with Crippen molar-refractivity contribution in [3.05, 3.63) is 71.8 Å². The molecule has 1 fully saturated rings. The van der Waals surface area contributed by atoms with E-state index in [1.165, 1.54) is 0 Å². The SMILES string of the molecule is O=C(O)C(CC1CC1)(c1ccccc1)c1ccccc1. The Labute approximate surface area is 119 Å². The number of hydrogen-bond donors (Lipinski definition) is 1. The smallest absolute Gasteiger partial charge is 0.318 e. The molecule has 0 aromatic heterocycles. The van der Waals surface area contributed by atoms with Gasteiger partial charge in [0.15, 0.2) is 0 Å². The van der Waals surface area contributed by atoms with Crippen LogP contribution in [-0.4, -0.2) is 11.1 Å². The first kappa shape index (κ1) is 12.9. The van der Waals surface area contributed by atoms with Gasteiger partial charge in [-0.15, -0.1) is 0 Å². The summed E-state index contributed by atoms with van der Waals surface area (Å²) in [6.07, 6.45) is 2.99. The molecule has 1 aliphatic carbocycles. The summed E-state index contributed by atoms with van der Waals surface area (Å²) in [5, 5.41) is 10.0. The van der Waals surface area contributed by atoms with Gasteiger partial charge in [0.1, 0.15) is 5.41 Å². The molecule has 0 aliphatic heterocycles. The third-order valence-corrected chi connectivity index (χ3v) is 4.19. The maximum atomic E-state index is 12.2. The fourth-order valence-electron chi connectivity index (χ4n) is 2.94. The van der Waals surface area contributed by atoms with Gasteiger partial charge in [-0.1, -0.05) is 73.5 Å². The zero-order valence-electron chi connectivity index (χ0n) is 11.3. The molecule has 0 radical (unpaired) electrons. The van der Waals surface area contributed by atoms with Gasteiger partial charge in [0.2, 0.25) is 0 Å². The number of hydrogen-bond acceptors (Lipinski definition) is 1. The molecule has 1 N–H and O–H groups in total. The zero-order valence-corrected chi connectivity index (χ0v) is 11.3. The highest BCUT2D eigenvalue weighted by Crippen LogP contribution is 2.45. The van der Waals surface area contributed by atoms with Gasteiger partial charge in [-0.2, -0.15) is 0 Å². The van der Waals surface area contributed by atoms with Crippen molar-refractivity contribution in [2.24, 2.45) is 5.92 Å². The number of carboxylic acid groups (broad SMARTS) is 1. The molecule has 0 unspecified atom stereocenters. The average molecular weight is 266 g/mol. The molecule has 2 aromatic rings. The van der Waals surface area contributed by atoms with Crippen molar-refractivity contribution in [2.75, 3.05) is 0 Å². The van der Waals surface area contributed by atoms with Crippen LogP contribution in [0.15, 0.2) is 60.7 Å². The number of carbonyl (C=O) groups is 1. The van der Waals surface area contributed by atoms with Crippen LogP contribution in [0.5, 0.6) is 0 Å². The summed E-state index contributed by atoms with van der Waals surface area (Å²) in [5.41, 5.74) is 0.847. The fraction of sp³-hybridized carbons (Fsp3) is 0.278. The van der Waals surface area contributed by atoms with E-state index >= 15 is 0 Å². The van der Waals surface area contributed by atoms with E-state index in [4.69, 9.17) is 0 Å². The Hall–Kier alpha value is -2.09. The molecule has 20 heavy (non-hydrogen) atoms. The van der Waals surface area contributed by atoms with Crippen molar-refractivity contribution in [3.8, 4) is 0 Å². The van der Waals surface area contributed by atoms with Gasteiger partial charge in [-0.25, -0.2) is 0 Å². The van der Waals surface area contributed by atoms with Gasteiger partial charge in [0.25, 0.3) is 0 Å². The molecule has 2 nitrogen and oxygen atoms in total. The highest BCUT2D eigenvalue weighted by atomic mass is 16.4. The molecule has 0 bridgehead atoms. The van der Waals surface area contributed by atoms with Crippen molar-refractivity contribution in [1.82, 2.24) is 0 Å². The first-order valence-electron chi connectivity index (χ1n) is 7.08. The van der Waals surface area contributed by atoms with Crippen LogP contribution in [0.4, 0.5) is 0 Å². The molecule has 102 valence electrons. The van der Waals surface area contributed by atoms with E-state index in [-0.39, 0.29) is 0 Å². The standard InChI is InChI=1S/C18H18O2/c19-17(20)18(13-14-11-12-14,15-7-3-1-4-8-15)16-9-5-2-6-10-16/h1-10,14H,11-13H2,(H,19,20). The lowest BCUT2D eigenvalue weighted by atomic mass is 9.71. The lowest BCUT2D eigenvalue weighted by molar-refractivity contribution is -0.142. The van der Waals surface area contributed by atoms with Crippen LogP contribution in [0.2, 0.25) is 0 Å². The monoisotopic (exact) mass is 266 g/mol. The van der Waals surface area contributed by atoms with Crippen molar-refractivity contribution >= 4 is 5.97 Å². The Kier molecular flexibility index (Phi) is 3.31. The van der Waals surface area contributed by atoms with Gasteiger partial charge in [-0.05, 0) is 23.5 Å². The van der Waals surface area contributed by atoms with Crippen LogP contribution in [-0.2, 0) is 10.2 Å². The van der Waals surface area contributed by atoms with E-state index < -0.39 is 11.4 Å². The van der Waals surface area contributed by atoms with Crippen LogP contribution in [0.1, 0.15) is 30.4 Å². The first-order chi connectivity index (χ1) is 9.73. The highest BCUT2D eigenvalue weighted by Gasteiger charge is 2.45. The van der Waals surface area contributed by atoms with E-state index in [0.29, 0.717) is 12.3 Å². The first-order valence-corrected chi connectivity index (χ1v) is 7.08. The minimum Gasteiger partial charge on any atom is -0.480 e. The summed E-state index contributed by atoms with van der Waals surface area (Å²) in [6.45, 7) is 0. The number of carboxylic acids is 1. The van der Waals surface area contributed by atoms with Crippen molar-refractivity contribution < 1.29 is 9.90 Å². The van der Waals surface area contributed by atoms with Gasteiger partial charge < -0.3 is 5.11 Å². The highest BCUT2D eigenvalue weighted by molar-refractivity contribution is 5.86. The van der Waals surface area contributed by atoms with E-state index in [2.05, 4.69) is 0 Å². The average Bonchev–Trinajstić information content (AvgIpc) is 3.30. The number of aliphatic carboxylic acids is 1. The summed E-state index contributed by atoms with van der Waals surface area (Å²) in [7, 11) is 0. The Morgan fingerprint density at radius 3 is 1.75 bits per heavy atom. The third kappa shape index (κ3) is 2.22. The van der Waals surface area contributed by atoms with Crippen LogP contribution < -0.4 is 0 Å². The Balaban J connectivity index is 2.16. The largest absolute Gasteiger partial charge is 0.480 e. The Morgan fingerprint density at radius 1 is 0.950 bits per heavy atom.